The molecule has 1 aromatic carbocycles. The average molecular weight is 285 g/mol. The third-order valence-electron chi connectivity index (χ3n) is 2.29. The van der Waals surface area contributed by atoms with E-state index in [1.807, 2.05) is 0 Å². The Kier molecular flexibility index (Phi) is 3.38. The van der Waals surface area contributed by atoms with Crippen LogP contribution in [0, 0.1) is 6.92 Å². The summed E-state index contributed by atoms with van der Waals surface area (Å²) in [6.45, 7) is 2.83. The summed E-state index contributed by atoms with van der Waals surface area (Å²) >= 11 is 5.27. The maximum absolute atomic E-state index is 5.49. The molecule has 1 heterocycles. The third kappa shape index (κ3) is 2.38. The average Bonchev–Trinajstić information content (AvgIpc) is 2.57. The zero-order valence-electron chi connectivity index (χ0n) is 8.59. The van der Waals surface area contributed by atoms with Crippen LogP contribution in [0.1, 0.15) is 17.0 Å². The van der Waals surface area contributed by atoms with Gasteiger partial charge in [0.15, 0.2) is 0 Å². The first-order chi connectivity index (χ1) is 7.20. The van der Waals surface area contributed by atoms with Gasteiger partial charge in [-0.1, -0.05) is 15.9 Å². The Morgan fingerprint density at radius 2 is 2.27 bits per heavy atom. The van der Waals surface area contributed by atoms with Gasteiger partial charge in [0.25, 0.3) is 0 Å². The number of benzene rings is 1. The Bertz CT molecular complexity index is 479. The zero-order chi connectivity index (χ0) is 10.8. The van der Waals surface area contributed by atoms with Gasteiger partial charge in [-0.05, 0) is 37.6 Å². The molecule has 0 saturated heterocycles. The standard InChI is InChI=1S/C11H13BrN2S/c1-7-5-8(12)6-9-11(7)14-10(15-9)3-2-4-13/h5-6H,2-4,13H2,1H3. The van der Waals surface area contributed by atoms with Crippen molar-refractivity contribution in [3.8, 4) is 0 Å². The highest BCUT2D eigenvalue weighted by atomic mass is 79.9. The van der Waals surface area contributed by atoms with Gasteiger partial charge in [0.1, 0.15) is 0 Å². The van der Waals surface area contributed by atoms with E-state index in [1.54, 1.807) is 11.3 Å². The fourth-order valence-electron chi connectivity index (χ4n) is 1.56. The lowest BCUT2D eigenvalue weighted by Crippen LogP contribution is -1.99. The maximum Gasteiger partial charge on any atom is 0.0939 e. The minimum Gasteiger partial charge on any atom is -0.330 e. The summed E-state index contributed by atoms with van der Waals surface area (Å²) in [4.78, 5) is 4.63. The summed E-state index contributed by atoms with van der Waals surface area (Å²) in [6, 6.07) is 4.24. The van der Waals surface area contributed by atoms with Gasteiger partial charge in [0.2, 0.25) is 0 Å². The summed E-state index contributed by atoms with van der Waals surface area (Å²) < 4.78 is 2.38. The summed E-state index contributed by atoms with van der Waals surface area (Å²) in [7, 11) is 0. The van der Waals surface area contributed by atoms with Crippen molar-refractivity contribution in [2.45, 2.75) is 19.8 Å². The van der Waals surface area contributed by atoms with Crippen LogP contribution in [0.25, 0.3) is 10.2 Å². The van der Waals surface area contributed by atoms with Gasteiger partial charge in [-0.25, -0.2) is 4.98 Å². The quantitative estimate of drug-likeness (QED) is 0.940. The van der Waals surface area contributed by atoms with Gasteiger partial charge in [0.05, 0.1) is 15.2 Å². The van der Waals surface area contributed by atoms with E-state index in [-0.39, 0.29) is 0 Å². The molecule has 0 bridgehead atoms. The van der Waals surface area contributed by atoms with Crippen LogP contribution in [0.2, 0.25) is 0 Å². The molecule has 0 radical (unpaired) electrons. The number of halogens is 1. The molecule has 0 saturated carbocycles. The van der Waals surface area contributed by atoms with Gasteiger partial charge in [-0.3, -0.25) is 0 Å². The lowest BCUT2D eigenvalue weighted by atomic mass is 10.2. The molecule has 0 atom stereocenters. The van der Waals surface area contributed by atoms with Crippen molar-refractivity contribution in [2.75, 3.05) is 6.54 Å². The first-order valence-corrected chi connectivity index (χ1v) is 6.57. The van der Waals surface area contributed by atoms with Crippen LogP contribution < -0.4 is 5.73 Å². The minimum atomic E-state index is 0.735. The second-order valence-corrected chi connectivity index (χ2v) is 5.60. The Labute approximate surface area is 102 Å². The van der Waals surface area contributed by atoms with Crippen LogP contribution in [-0.4, -0.2) is 11.5 Å². The lowest BCUT2D eigenvalue weighted by molar-refractivity contribution is 0.828. The Balaban J connectivity index is 2.41. The number of thiazole rings is 1. The van der Waals surface area contributed by atoms with Crippen molar-refractivity contribution in [3.63, 3.8) is 0 Å². The summed E-state index contributed by atoms with van der Waals surface area (Å²) in [5.41, 5.74) is 7.86. The molecular formula is C11H13BrN2S. The number of fused-ring (bicyclic) bond motifs is 1. The number of hydrogen-bond acceptors (Lipinski definition) is 3. The third-order valence-corrected chi connectivity index (χ3v) is 3.81. The molecule has 2 N–H and O–H groups in total. The van der Waals surface area contributed by atoms with E-state index in [0.29, 0.717) is 0 Å². The Hall–Kier alpha value is -0.450. The molecule has 0 aliphatic rings. The second kappa shape index (κ2) is 4.60. The SMILES string of the molecule is Cc1cc(Br)cc2sc(CCCN)nc12. The fourth-order valence-corrected chi connectivity index (χ4v) is 3.41. The summed E-state index contributed by atoms with van der Waals surface area (Å²) in [6.07, 6.45) is 2.01. The molecule has 1 aromatic heterocycles. The predicted octanol–water partition coefficient (Wildman–Crippen LogP) is 3.26. The molecule has 15 heavy (non-hydrogen) atoms. The molecule has 4 heteroatoms. The molecule has 0 fully saturated rings. The lowest BCUT2D eigenvalue weighted by Gasteiger charge is -1.94. The number of hydrogen-bond donors (Lipinski definition) is 1. The number of nitrogens with zero attached hydrogens (tertiary/aromatic N) is 1. The molecule has 2 aromatic rings. The monoisotopic (exact) mass is 284 g/mol. The Morgan fingerprint density at radius 3 is 3.00 bits per heavy atom. The van der Waals surface area contributed by atoms with Crippen LogP contribution in [0.15, 0.2) is 16.6 Å². The van der Waals surface area contributed by atoms with E-state index < -0.39 is 0 Å². The molecule has 2 rings (SSSR count). The van der Waals surface area contributed by atoms with Gasteiger partial charge in [-0.15, -0.1) is 11.3 Å². The van der Waals surface area contributed by atoms with Gasteiger partial charge < -0.3 is 5.73 Å². The van der Waals surface area contributed by atoms with E-state index in [1.165, 1.54) is 15.3 Å². The summed E-state index contributed by atoms with van der Waals surface area (Å²) in [5.74, 6) is 0. The van der Waals surface area contributed by atoms with Crippen molar-refractivity contribution in [2.24, 2.45) is 5.73 Å². The number of rotatable bonds is 3. The molecular weight excluding hydrogens is 272 g/mol. The highest BCUT2D eigenvalue weighted by Crippen LogP contribution is 2.28. The number of aromatic nitrogens is 1. The van der Waals surface area contributed by atoms with Crippen LogP contribution in [-0.2, 0) is 6.42 Å². The molecule has 2 nitrogen and oxygen atoms in total. The van der Waals surface area contributed by atoms with Crippen molar-refractivity contribution >= 4 is 37.5 Å². The van der Waals surface area contributed by atoms with Gasteiger partial charge in [0, 0.05) is 10.9 Å². The van der Waals surface area contributed by atoms with Crippen molar-refractivity contribution in [1.82, 2.24) is 4.98 Å². The van der Waals surface area contributed by atoms with Crippen LogP contribution >= 0.6 is 27.3 Å². The van der Waals surface area contributed by atoms with E-state index in [4.69, 9.17) is 5.73 Å². The van der Waals surface area contributed by atoms with E-state index in [2.05, 4.69) is 40.0 Å². The first kappa shape index (κ1) is 11.0. The van der Waals surface area contributed by atoms with Gasteiger partial charge in [-0.2, -0.15) is 0 Å². The molecule has 0 unspecified atom stereocenters. The van der Waals surface area contributed by atoms with Crippen molar-refractivity contribution in [3.05, 3.63) is 27.2 Å². The molecule has 0 aliphatic heterocycles. The van der Waals surface area contributed by atoms with Crippen molar-refractivity contribution < 1.29 is 0 Å². The van der Waals surface area contributed by atoms with Gasteiger partial charge >= 0.3 is 0 Å². The molecule has 0 aliphatic carbocycles. The zero-order valence-corrected chi connectivity index (χ0v) is 11.0. The van der Waals surface area contributed by atoms with E-state index in [0.717, 1.165) is 29.4 Å². The van der Waals surface area contributed by atoms with E-state index >= 15 is 0 Å². The van der Waals surface area contributed by atoms with Crippen LogP contribution in [0.5, 0.6) is 0 Å². The van der Waals surface area contributed by atoms with E-state index in [9.17, 15) is 0 Å². The van der Waals surface area contributed by atoms with Crippen LogP contribution in [0.3, 0.4) is 0 Å². The normalized spacial score (nSPS) is 11.1. The molecule has 0 spiro atoms. The number of aryl methyl sites for hydroxylation is 2. The van der Waals surface area contributed by atoms with Crippen LogP contribution in [0.4, 0.5) is 0 Å². The molecule has 80 valence electrons. The maximum atomic E-state index is 5.49. The fraction of sp³-hybridized carbons (Fsp3) is 0.364. The van der Waals surface area contributed by atoms with Crippen molar-refractivity contribution in [1.29, 1.82) is 0 Å². The summed E-state index contributed by atoms with van der Waals surface area (Å²) in [5, 5.41) is 1.19. The minimum absolute atomic E-state index is 0.735. The second-order valence-electron chi connectivity index (χ2n) is 3.57. The number of nitrogens with two attached hydrogens (primary N) is 1. The largest absolute Gasteiger partial charge is 0.330 e. The topological polar surface area (TPSA) is 38.9 Å². The highest BCUT2D eigenvalue weighted by molar-refractivity contribution is 9.10. The predicted molar refractivity (Wildman–Crippen MR) is 69.4 cm³/mol. The smallest absolute Gasteiger partial charge is 0.0939 e. The highest BCUT2D eigenvalue weighted by Gasteiger charge is 2.06. The Morgan fingerprint density at radius 1 is 1.47 bits per heavy atom. The molecule has 0 amide bonds. The first-order valence-electron chi connectivity index (χ1n) is 4.96.